The fourth-order valence-electron chi connectivity index (χ4n) is 3.66. The molecule has 1 unspecified atom stereocenters. The van der Waals surface area contributed by atoms with Crippen molar-refractivity contribution in [2.45, 2.75) is 45.1 Å². The molecule has 0 fully saturated rings. The highest BCUT2D eigenvalue weighted by Gasteiger charge is 2.17. The van der Waals surface area contributed by atoms with E-state index in [0.717, 1.165) is 30.9 Å². The number of halogens is 1. The first-order valence-corrected chi connectivity index (χ1v) is 10.5. The van der Waals surface area contributed by atoms with Crippen LogP contribution in [0.1, 0.15) is 48.9 Å². The summed E-state index contributed by atoms with van der Waals surface area (Å²) in [7, 11) is 0. The molecule has 0 saturated heterocycles. The van der Waals surface area contributed by atoms with Crippen molar-refractivity contribution < 1.29 is 9.72 Å². The molecule has 0 aromatic heterocycles. The van der Waals surface area contributed by atoms with E-state index < -0.39 is 10.8 Å². The molecule has 0 heterocycles. The largest absolute Gasteiger partial charge is 0.383 e. The zero-order chi connectivity index (χ0) is 22.4. The van der Waals surface area contributed by atoms with Gasteiger partial charge >= 0.3 is 0 Å². The van der Waals surface area contributed by atoms with Crippen molar-refractivity contribution in [2.75, 3.05) is 5.32 Å². The van der Waals surface area contributed by atoms with Gasteiger partial charge in [0.05, 0.1) is 21.7 Å². The van der Waals surface area contributed by atoms with E-state index in [0.29, 0.717) is 0 Å². The molecule has 2 N–H and O–H groups in total. The first kappa shape index (κ1) is 22.3. The predicted octanol–water partition coefficient (Wildman–Crippen LogP) is 5.21. The van der Waals surface area contributed by atoms with Crippen LogP contribution in [-0.2, 0) is 17.6 Å². The lowest BCUT2D eigenvalue weighted by Gasteiger charge is -2.21. The van der Waals surface area contributed by atoms with Gasteiger partial charge in [0.25, 0.3) is 11.6 Å². The number of anilines is 1. The van der Waals surface area contributed by atoms with Crippen molar-refractivity contribution in [2.24, 2.45) is 0 Å². The first-order chi connectivity index (χ1) is 14.9. The predicted molar refractivity (Wildman–Crippen MR) is 120 cm³/mol. The van der Waals surface area contributed by atoms with Crippen LogP contribution in [-0.4, -0.2) is 10.8 Å². The molecule has 2 aromatic carbocycles. The number of amides is 1. The number of carbonyl (C=O) groups excluding carboxylic acids is 1. The van der Waals surface area contributed by atoms with Crippen LogP contribution in [0.15, 0.2) is 48.2 Å². The molecule has 2 aromatic rings. The van der Waals surface area contributed by atoms with E-state index in [1.54, 1.807) is 0 Å². The molecule has 31 heavy (non-hydrogen) atoms. The molecule has 0 spiro atoms. The summed E-state index contributed by atoms with van der Waals surface area (Å²) >= 11 is 6.03. The van der Waals surface area contributed by atoms with E-state index in [-0.39, 0.29) is 28.0 Å². The fourth-order valence-corrected chi connectivity index (χ4v) is 3.83. The van der Waals surface area contributed by atoms with Gasteiger partial charge in [0.1, 0.15) is 11.6 Å². The van der Waals surface area contributed by atoms with E-state index in [1.165, 1.54) is 42.3 Å². The molecule has 0 saturated carbocycles. The fraction of sp³-hybridized carbons (Fsp3) is 0.304. The summed E-state index contributed by atoms with van der Waals surface area (Å²) in [6, 6.07) is 12.0. The molecule has 1 amide bonds. The number of benzene rings is 2. The Morgan fingerprint density at radius 3 is 2.68 bits per heavy atom. The van der Waals surface area contributed by atoms with Crippen molar-refractivity contribution >= 4 is 28.9 Å². The Balaban J connectivity index is 1.75. The second-order valence-electron chi connectivity index (χ2n) is 7.41. The van der Waals surface area contributed by atoms with Crippen molar-refractivity contribution in [3.8, 4) is 6.07 Å². The van der Waals surface area contributed by atoms with Crippen molar-refractivity contribution in [3.05, 3.63) is 80.0 Å². The zero-order valence-corrected chi connectivity index (χ0v) is 17.9. The first-order valence-electron chi connectivity index (χ1n) is 10.2. The smallest absolute Gasteiger partial charge is 0.271 e. The summed E-state index contributed by atoms with van der Waals surface area (Å²) < 4.78 is 0. The van der Waals surface area contributed by atoms with Crippen LogP contribution in [0, 0.1) is 21.4 Å². The average molecular weight is 439 g/mol. The maximum absolute atomic E-state index is 12.5. The van der Waals surface area contributed by atoms with Crippen LogP contribution in [0.3, 0.4) is 0 Å². The molecule has 0 bridgehead atoms. The monoisotopic (exact) mass is 438 g/mol. The molecule has 8 heteroatoms. The summed E-state index contributed by atoms with van der Waals surface area (Å²) in [6.07, 6.45) is 6.75. The van der Waals surface area contributed by atoms with Crippen LogP contribution in [0.4, 0.5) is 11.4 Å². The number of nitrogens with one attached hydrogen (secondary N) is 2. The van der Waals surface area contributed by atoms with Crippen molar-refractivity contribution in [1.29, 1.82) is 5.26 Å². The van der Waals surface area contributed by atoms with Gasteiger partial charge < -0.3 is 10.6 Å². The Morgan fingerprint density at radius 2 is 2.00 bits per heavy atom. The van der Waals surface area contributed by atoms with Crippen molar-refractivity contribution in [1.82, 2.24) is 5.32 Å². The summed E-state index contributed by atoms with van der Waals surface area (Å²) in [5, 5.41) is 26.2. The zero-order valence-electron chi connectivity index (χ0n) is 17.2. The molecular weight excluding hydrogens is 416 g/mol. The number of non-ortho nitro benzene ring substituents is 1. The lowest BCUT2D eigenvalue weighted by molar-refractivity contribution is -0.384. The third-order valence-corrected chi connectivity index (χ3v) is 5.72. The number of nitrogens with zero attached hydrogens (tertiary/aromatic N) is 2. The van der Waals surface area contributed by atoms with Gasteiger partial charge in [-0.1, -0.05) is 36.7 Å². The van der Waals surface area contributed by atoms with Gasteiger partial charge in [-0.2, -0.15) is 5.26 Å². The number of aryl methyl sites for hydroxylation is 2. The molecular formula is C23H23ClN4O3. The van der Waals surface area contributed by atoms with E-state index in [1.807, 2.05) is 13.0 Å². The lowest BCUT2D eigenvalue weighted by Crippen LogP contribution is -2.20. The van der Waals surface area contributed by atoms with Gasteiger partial charge in [-0.05, 0) is 54.9 Å². The minimum absolute atomic E-state index is 0.0511. The normalized spacial score (nSPS) is 14.2. The van der Waals surface area contributed by atoms with Crippen LogP contribution in [0.25, 0.3) is 0 Å². The number of nitro benzene ring substituents is 1. The van der Waals surface area contributed by atoms with E-state index in [9.17, 15) is 20.2 Å². The summed E-state index contributed by atoms with van der Waals surface area (Å²) in [5.74, 6) is -0.697. The van der Waals surface area contributed by atoms with E-state index >= 15 is 0 Å². The SMILES string of the molecule is CCC(N/C=C(/C#N)C(=O)Nc1cc([N+](=O)[O-])ccc1Cl)c1ccc2c(c1)CCCC2. The number of nitriles is 1. The van der Waals surface area contributed by atoms with Crippen LogP contribution < -0.4 is 10.6 Å². The molecule has 1 aliphatic carbocycles. The second-order valence-corrected chi connectivity index (χ2v) is 7.82. The van der Waals surface area contributed by atoms with Crippen LogP contribution in [0.2, 0.25) is 5.02 Å². The van der Waals surface area contributed by atoms with Gasteiger partial charge in [-0.15, -0.1) is 0 Å². The molecule has 1 atom stereocenters. The lowest BCUT2D eigenvalue weighted by atomic mass is 9.89. The number of rotatable bonds is 7. The number of hydrogen-bond acceptors (Lipinski definition) is 5. The van der Waals surface area contributed by atoms with Gasteiger partial charge in [0.2, 0.25) is 0 Å². The Morgan fingerprint density at radius 1 is 1.26 bits per heavy atom. The highest BCUT2D eigenvalue weighted by Crippen LogP contribution is 2.28. The van der Waals surface area contributed by atoms with E-state index in [4.69, 9.17) is 11.6 Å². The number of fused-ring (bicyclic) bond motifs is 1. The highest BCUT2D eigenvalue weighted by atomic mass is 35.5. The summed E-state index contributed by atoms with van der Waals surface area (Å²) in [4.78, 5) is 22.9. The third kappa shape index (κ3) is 5.41. The van der Waals surface area contributed by atoms with Crippen molar-refractivity contribution in [3.63, 3.8) is 0 Å². The Bertz CT molecular complexity index is 1070. The molecule has 0 aliphatic heterocycles. The number of hydrogen-bond donors (Lipinski definition) is 2. The molecule has 160 valence electrons. The topological polar surface area (TPSA) is 108 Å². The maximum Gasteiger partial charge on any atom is 0.271 e. The molecule has 0 radical (unpaired) electrons. The highest BCUT2D eigenvalue weighted by molar-refractivity contribution is 6.34. The molecule has 7 nitrogen and oxygen atoms in total. The van der Waals surface area contributed by atoms with Gasteiger partial charge in [0, 0.05) is 18.3 Å². The standard InChI is InChI=1S/C23H23ClN4O3/c1-2-21(17-8-7-15-5-3-4-6-16(15)11-17)26-14-18(13-25)23(29)27-22-12-19(28(30)31)9-10-20(22)24/h7-12,14,21,26H,2-6H2,1H3,(H,27,29)/b18-14-. The summed E-state index contributed by atoms with van der Waals surface area (Å²) in [6.45, 7) is 2.03. The minimum Gasteiger partial charge on any atom is -0.383 e. The van der Waals surface area contributed by atoms with Gasteiger partial charge in [-0.25, -0.2) is 0 Å². The van der Waals surface area contributed by atoms with Gasteiger partial charge in [0.15, 0.2) is 0 Å². The van der Waals surface area contributed by atoms with E-state index in [2.05, 4.69) is 28.8 Å². The molecule has 3 rings (SSSR count). The number of carbonyl (C=O) groups is 1. The second kappa shape index (κ2) is 10.1. The Kier molecular flexibility index (Phi) is 7.27. The maximum atomic E-state index is 12.5. The third-order valence-electron chi connectivity index (χ3n) is 5.39. The number of nitro groups is 1. The van der Waals surface area contributed by atoms with Gasteiger partial charge in [-0.3, -0.25) is 14.9 Å². The Hall–Kier alpha value is -3.37. The van der Waals surface area contributed by atoms with Crippen LogP contribution in [0.5, 0.6) is 0 Å². The molecule has 1 aliphatic rings. The summed E-state index contributed by atoms with van der Waals surface area (Å²) in [5.41, 5.74) is 3.58. The average Bonchev–Trinajstić information content (AvgIpc) is 2.77. The van der Waals surface area contributed by atoms with Crippen LogP contribution >= 0.6 is 11.6 Å². The Labute approximate surface area is 185 Å². The minimum atomic E-state index is -0.697. The quantitative estimate of drug-likeness (QED) is 0.267.